The largest absolute Gasteiger partial charge is 0.481 e. The van der Waals surface area contributed by atoms with Crippen LogP contribution in [0.25, 0.3) is 11.3 Å². The maximum Gasteiger partial charge on any atom is 0.306 e. The van der Waals surface area contributed by atoms with Gasteiger partial charge in [-0.1, -0.05) is 25.0 Å². The number of aliphatic carboxylic acids is 1. The van der Waals surface area contributed by atoms with E-state index in [1.165, 1.54) is 24.6 Å². The highest BCUT2D eigenvalue weighted by molar-refractivity contribution is 5.85. The third-order valence-electron chi connectivity index (χ3n) is 9.74. The average molecular weight is 618 g/mol. The molecule has 0 radical (unpaired) electrons. The number of likely N-dealkylation sites (tertiary alicyclic amines) is 1. The molecule has 3 unspecified atom stereocenters. The molecule has 3 aliphatic rings. The van der Waals surface area contributed by atoms with Crippen LogP contribution in [0.5, 0.6) is 0 Å². The topological polar surface area (TPSA) is 71.2 Å². The van der Waals surface area contributed by atoms with Crippen molar-refractivity contribution >= 4 is 30.8 Å². The maximum absolute atomic E-state index is 14.2. The molecular weight excluding hydrogens is 574 g/mol. The number of aromatic nitrogens is 3. The van der Waals surface area contributed by atoms with Crippen LogP contribution in [0.15, 0.2) is 54.9 Å². The lowest BCUT2D eigenvalue weighted by Gasteiger charge is -2.35. The molecule has 3 heterocycles. The predicted octanol–water partition coefficient (Wildman–Crippen LogP) is 7.44. The van der Waals surface area contributed by atoms with Crippen LogP contribution in [-0.2, 0) is 11.3 Å². The lowest BCUT2D eigenvalue weighted by Crippen LogP contribution is -2.37. The van der Waals surface area contributed by atoms with Crippen molar-refractivity contribution in [3.05, 3.63) is 71.9 Å². The Balaban J connectivity index is 0.00000202. The Labute approximate surface area is 260 Å². The van der Waals surface area contributed by atoms with Gasteiger partial charge in [-0.05, 0) is 112 Å². The second kappa shape index (κ2) is 14.3. The Hall–Kier alpha value is -2.48. The van der Waals surface area contributed by atoms with Crippen LogP contribution in [0.2, 0.25) is 0 Å². The number of aryl methyl sites for hydroxylation is 1. The first-order chi connectivity index (χ1) is 19.5. The first-order valence-corrected chi connectivity index (χ1v) is 15.2. The van der Waals surface area contributed by atoms with Gasteiger partial charge in [-0.15, -0.1) is 24.8 Å². The molecule has 1 N–H and O–H groups in total. The molecule has 0 bridgehead atoms. The third-order valence-corrected chi connectivity index (χ3v) is 9.74. The average Bonchev–Trinajstić information content (AvgIpc) is 3.54. The van der Waals surface area contributed by atoms with Gasteiger partial charge in [0.05, 0.1) is 11.6 Å². The quantitative estimate of drug-likeness (QED) is 0.256. The number of halogens is 3. The standard InChI is InChI=1S/C33H41FN4O2.2ClH/c1-2-38-32(19-31(36-38)25-6-4-12-35-20-25)23-10-13-37(14-11-23)21-27-16-26(30(33(39)40)15-22-8-9-22)18-29(27)24-5-3-7-28(34)17-24;;/h3-7,12,17,19-20,22-23,26-27,29-30H,2,8-11,13-16,18,21H2,1H3,(H,39,40);2*1H/t26?,27?,29?,30-;;/m0../s1. The van der Waals surface area contributed by atoms with Gasteiger partial charge in [0.15, 0.2) is 0 Å². The molecule has 3 aromatic rings. The van der Waals surface area contributed by atoms with Gasteiger partial charge in [0.2, 0.25) is 0 Å². The summed E-state index contributed by atoms with van der Waals surface area (Å²) in [6.07, 6.45) is 10.7. The summed E-state index contributed by atoms with van der Waals surface area (Å²) in [5.41, 5.74) is 4.38. The second-order valence-electron chi connectivity index (χ2n) is 12.4. The molecule has 1 saturated heterocycles. The van der Waals surface area contributed by atoms with Gasteiger partial charge >= 0.3 is 5.97 Å². The van der Waals surface area contributed by atoms with Crippen molar-refractivity contribution in [2.45, 2.75) is 70.3 Å². The molecular formula is C33H43Cl2FN4O2. The Bertz CT molecular complexity index is 1310. The summed E-state index contributed by atoms with van der Waals surface area (Å²) < 4.78 is 16.4. The normalized spacial score (nSPS) is 23.6. The van der Waals surface area contributed by atoms with Crippen LogP contribution in [0.4, 0.5) is 4.39 Å². The van der Waals surface area contributed by atoms with Crippen molar-refractivity contribution in [1.82, 2.24) is 19.7 Å². The summed E-state index contributed by atoms with van der Waals surface area (Å²) in [5.74, 6) is 0.662. The number of piperidine rings is 1. The number of carbonyl (C=O) groups is 1. The lowest BCUT2D eigenvalue weighted by atomic mass is 9.85. The number of rotatable bonds is 10. The van der Waals surface area contributed by atoms with Crippen LogP contribution in [0.3, 0.4) is 0 Å². The molecule has 2 aromatic heterocycles. The zero-order valence-electron chi connectivity index (χ0n) is 24.3. The SMILES string of the molecule is CCn1nc(-c2cccnc2)cc1C1CCN(CC2CC([C@H](CC3CC3)C(=O)O)CC2c2cccc(F)c2)CC1.Cl.Cl. The molecule has 0 amide bonds. The van der Waals surface area contributed by atoms with E-state index >= 15 is 0 Å². The summed E-state index contributed by atoms with van der Waals surface area (Å²) in [7, 11) is 0. The van der Waals surface area contributed by atoms with E-state index in [4.69, 9.17) is 5.10 Å². The maximum atomic E-state index is 14.2. The smallest absolute Gasteiger partial charge is 0.306 e. The highest BCUT2D eigenvalue weighted by Crippen LogP contribution is 2.49. The molecule has 42 heavy (non-hydrogen) atoms. The Morgan fingerprint density at radius 1 is 1.07 bits per heavy atom. The van der Waals surface area contributed by atoms with Gasteiger partial charge in [-0.2, -0.15) is 5.10 Å². The van der Waals surface area contributed by atoms with Crippen molar-refractivity contribution in [3.63, 3.8) is 0 Å². The first-order valence-electron chi connectivity index (χ1n) is 15.2. The third kappa shape index (κ3) is 7.35. The molecule has 9 heteroatoms. The summed E-state index contributed by atoms with van der Waals surface area (Å²) in [5, 5.41) is 15.0. The molecule has 2 saturated carbocycles. The molecule has 3 fully saturated rings. The Morgan fingerprint density at radius 2 is 1.86 bits per heavy atom. The molecule has 1 aromatic carbocycles. The highest BCUT2D eigenvalue weighted by Gasteiger charge is 2.43. The number of hydrogen-bond donors (Lipinski definition) is 1. The van der Waals surface area contributed by atoms with Crippen molar-refractivity contribution in [3.8, 4) is 11.3 Å². The molecule has 0 spiro atoms. The van der Waals surface area contributed by atoms with Gasteiger partial charge < -0.3 is 10.0 Å². The van der Waals surface area contributed by atoms with Gasteiger partial charge in [0.25, 0.3) is 0 Å². The molecule has 6 nitrogen and oxygen atoms in total. The van der Waals surface area contributed by atoms with Gasteiger partial charge in [-0.25, -0.2) is 4.39 Å². The summed E-state index contributed by atoms with van der Waals surface area (Å²) in [4.78, 5) is 19.1. The second-order valence-corrected chi connectivity index (χ2v) is 12.4. The summed E-state index contributed by atoms with van der Waals surface area (Å²) in [6.45, 7) is 5.98. The van der Waals surface area contributed by atoms with Crippen molar-refractivity contribution < 1.29 is 14.3 Å². The monoisotopic (exact) mass is 616 g/mol. The van der Waals surface area contributed by atoms with Crippen LogP contribution < -0.4 is 0 Å². The zero-order chi connectivity index (χ0) is 27.6. The number of nitrogens with zero attached hydrogens (tertiary/aromatic N) is 4. The fraction of sp³-hybridized carbons (Fsp3) is 0.545. The van der Waals surface area contributed by atoms with E-state index in [-0.39, 0.29) is 48.4 Å². The molecule has 4 atom stereocenters. The van der Waals surface area contributed by atoms with E-state index < -0.39 is 5.97 Å². The number of carboxylic acid groups (broad SMARTS) is 1. The Kier molecular flexibility index (Phi) is 11.1. The number of pyridine rings is 1. The molecule has 6 rings (SSSR count). The van der Waals surface area contributed by atoms with Crippen molar-refractivity contribution in [2.24, 2.45) is 23.7 Å². The van der Waals surface area contributed by atoms with Crippen LogP contribution >= 0.6 is 24.8 Å². The minimum atomic E-state index is -0.644. The van der Waals surface area contributed by atoms with Gasteiger partial charge in [-0.3, -0.25) is 14.5 Å². The van der Waals surface area contributed by atoms with Gasteiger partial charge in [0, 0.05) is 42.7 Å². The summed E-state index contributed by atoms with van der Waals surface area (Å²) in [6, 6.07) is 13.3. The van der Waals surface area contributed by atoms with E-state index in [9.17, 15) is 14.3 Å². The first kappa shape index (κ1) is 32.4. The van der Waals surface area contributed by atoms with Crippen LogP contribution in [0, 0.1) is 29.5 Å². The minimum Gasteiger partial charge on any atom is -0.481 e. The van der Waals surface area contributed by atoms with E-state index in [0.29, 0.717) is 17.8 Å². The van der Waals surface area contributed by atoms with E-state index in [1.54, 1.807) is 18.3 Å². The fourth-order valence-electron chi connectivity index (χ4n) is 7.46. The van der Waals surface area contributed by atoms with Crippen LogP contribution in [0.1, 0.15) is 75.0 Å². The van der Waals surface area contributed by atoms with Crippen LogP contribution in [-0.4, -0.2) is 50.4 Å². The van der Waals surface area contributed by atoms with Gasteiger partial charge in [0.1, 0.15) is 5.82 Å². The summed E-state index contributed by atoms with van der Waals surface area (Å²) >= 11 is 0. The van der Waals surface area contributed by atoms with E-state index in [0.717, 1.165) is 75.1 Å². The van der Waals surface area contributed by atoms with E-state index in [2.05, 4.69) is 33.6 Å². The van der Waals surface area contributed by atoms with Crippen molar-refractivity contribution in [1.29, 1.82) is 0 Å². The molecule has 228 valence electrons. The molecule has 1 aliphatic heterocycles. The lowest BCUT2D eigenvalue weighted by molar-refractivity contribution is -0.144. The fourth-order valence-corrected chi connectivity index (χ4v) is 7.46. The number of carboxylic acids is 1. The zero-order valence-corrected chi connectivity index (χ0v) is 25.9. The number of hydrogen-bond acceptors (Lipinski definition) is 4. The minimum absolute atomic E-state index is 0. The van der Waals surface area contributed by atoms with E-state index in [1.807, 2.05) is 18.3 Å². The molecule has 2 aliphatic carbocycles. The number of benzene rings is 1. The van der Waals surface area contributed by atoms with Crippen molar-refractivity contribution in [2.75, 3.05) is 19.6 Å². The highest BCUT2D eigenvalue weighted by atomic mass is 35.5. The Morgan fingerprint density at radius 3 is 2.50 bits per heavy atom. The predicted molar refractivity (Wildman–Crippen MR) is 168 cm³/mol.